The molecule has 2 heterocycles. The summed E-state index contributed by atoms with van der Waals surface area (Å²) in [7, 11) is 0. The number of ether oxygens (including phenoxy) is 1. The number of aromatic nitrogens is 4. The van der Waals surface area contributed by atoms with Crippen molar-refractivity contribution in [2.24, 2.45) is 0 Å². The zero-order valence-electron chi connectivity index (χ0n) is 17.3. The third kappa shape index (κ3) is 3.94. The van der Waals surface area contributed by atoms with Gasteiger partial charge in [-0.15, -0.1) is 0 Å². The molecule has 0 spiro atoms. The Labute approximate surface area is 183 Å². The van der Waals surface area contributed by atoms with Crippen LogP contribution < -0.4 is 10.1 Å². The van der Waals surface area contributed by atoms with Gasteiger partial charge in [-0.2, -0.15) is 4.98 Å². The van der Waals surface area contributed by atoms with Crippen LogP contribution >= 0.6 is 0 Å². The Hall–Kier alpha value is -4.07. The highest BCUT2D eigenvalue weighted by Gasteiger charge is 2.51. The molecule has 0 aliphatic heterocycles. The number of imidazole rings is 1. The van der Waals surface area contributed by atoms with Crippen LogP contribution in [0.1, 0.15) is 24.2 Å². The standard InChI is InChI=1S/C24H20FN5O2/c1-16-27-21(30-13-12-26-15-30)14-22(28-16)32-20-8-6-19(7-9-20)29-23(31)24(10-11-24)17-2-4-18(25)5-3-17/h2-9,12-15H,10-11H2,1H3,(H,29,31). The quantitative estimate of drug-likeness (QED) is 0.485. The van der Waals surface area contributed by atoms with E-state index in [1.54, 1.807) is 72.7 Å². The number of nitrogens with one attached hydrogen (secondary N) is 1. The first kappa shape index (κ1) is 19.9. The van der Waals surface area contributed by atoms with Gasteiger partial charge in [0.15, 0.2) is 0 Å². The van der Waals surface area contributed by atoms with Crippen LogP contribution in [-0.2, 0) is 10.2 Å². The zero-order chi connectivity index (χ0) is 22.1. The van der Waals surface area contributed by atoms with Gasteiger partial charge in [-0.25, -0.2) is 14.4 Å². The fraction of sp³-hybridized carbons (Fsp3) is 0.167. The Morgan fingerprint density at radius 1 is 1.09 bits per heavy atom. The number of nitrogens with zero attached hydrogens (tertiary/aromatic N) is 4. The first-order valence-corrected chi connectivity index (χ1v) is 10.2. The fourth-order valence-corrected chi connectivity index (χ4v) is 3.62. The first-order chi connectivity index (χ1) is 15.5. The number of amides is 1. The van der Waals surface area contributed by atoms with Crippen LogP contribution in [0.5, 0.6) is 11.6 Å². The minimum Gasteiger partial charge on any atom is -0.439 e. The Morgan fingerprint density at radius 3 is 2.50 bits per heavy atom. The predicted molar refractivity (Wildman–Crippen MR) is 116 cm³/mol. The number of anilines is 1. The number of benzene rings is 2. The molecule has 0 bridgehead atoms. The molecule has 1 amide bonds. The Balaban J connectivity index is 1.28. The summed E-state index contributed by atoms with van der Waals surface area (Å²) >= 11 is 0. The van der Waals surface area contributed by atoms with Crippen LogP contribution in [-0.4, -0.2) is 25.4 Å². The van der Waals surface area contributed by atoms with Crippen LogP contribution in [0.3, 0.4) is 0 Å². The van der Waals surface area contributed by atoms with Crippen molar-refractivity contribution in [2.75, 3.05) is 5.32 Å². The maximum Gasteiger partial charge on any atom is 0.235 e. The second-order valence-corrected chi connectivity index (χ2v) is 7.75. The van der Waals surface area contributed by atoms with Gasteiger partial charge in [-0.3, -0.25) is 9.36 Å². The molecule has 2 aromatic heterocycles. The molecule has 0 radical (unpaired) electrons. The number of hydrogen-bond acceptors (Lipinski definition) is 5. The molecule has 0 unspecified atom stereocenters. The van der Waals surface area contributed by atoms with Gasteiger partial charge in [0.25, 0.3) is 0 Å². The molecule has 4 aromatic rings. The topological polar surface area (TPSA) is 81.9 Å². The van der Waals surface area contributed by atoms with E-state index in [0.29, 0.717) is 29.0 Å². The average molecular weight is 429 g/mol. The van der Waals surface area contributed by atoms with Gasteiger partial charge in [-0.05, 0) is 61.7 Å². The molecular formula is C24H20FN5O2. The maximum atomic E-state index is 13.2. The summed E-state index contributed by atoms with van der Waals surface area (Å²) in [6, 6.07) is 15.0. The lowest BCUT2D eigenvalue weighted by Crippen LogP contribution is -2.27. The Bertz CT molecular complexity index is 1250. The molecular weight excluding hydrogens is 409 g/mol. The van der Waals surface area contributed by atoms with Crippen molar-refractivity contribution in [3.05, 3.63) is 90.5 Å². The van der Waals surface area contributed by atoms with Crippen molar-refractivity contribution in [2.45, 2.75) is 25.2 Å². The highest BCUT2D eigenvalue weighted by molar-refractivity contribution is 6.01. The normalized spacial score (nSPS) is 14.1. The highest BCUT2D eigenvalue weighted by Crippen LogP contribution is 2.49. The minimum absolute atomic E-state index is 0.0887. The van der Waals surface area contributed by atoms with E-state index in [0.717, 1.165) is 18.4 Å². The maximum absolute atomic E-state index is 13.2. The molecule has 5 rings (SSSR count). The fourth-order valence-electron chi connectivity index (χ4n) is 3.62. The number of halogens is 1. The second kappa shape index (κ2) is 7.88. The van der Waals surface area contributed by atoms with Crippen LogP contribution in [0.4, 0.5) is 10.1 Å². The SMILES string of the molecule is Cc1nc(Oc2ccc(NC(=O)C3(c4ccc(F)cc4)CC3)cc2)cc(-n2ccnc2)n1. The van der Waals surface area contributed by atoms with E-state index in [-0.39, 0.29) is 11.7 Å². The van der Waals surface area contributed by atoms with E-state index in [4.69, 9.17) is 4.74 Å². The van der Waals surface area contributed by atoms with E-state index in [1.165, 1.54) is 12.1 Å². The third-order valence-electron chi connectivity index (χ3n) is 5.49. The molecule has 1 aliphatic rings. The largest absolute Gasteiger partial charge is 0.439 e. The molecule has 7 nitrogen and oxygen atoms in total. The van der Waals surface area contributed by atoms with Gasteiger partial charge in [-0.1, -0.05) is 12.1 Å². The summed E-state index contributed by atoms with van der Waals surface area (Å²) in [5, 5.41) is 2.96. The van der Waals surface area contributed by atoms with Crippen molar-refractivity contribution in [3.8, 4) is 17.4 Å². The Kier molecular flexibility index (Phi) is 4.89. The van der Waals surface area contributed by atoms with Gasteiger partial charge in [0.05, 0.1) is 5.41 Å². The van der Waals surface area contributed by atoms with Gasteiger partial charge in [0.2, 0.25) is 11.8 Å². The van der Waals surface area contributed by atoms with Crippen molar-refractivity contribution < 1.29 is 13.9 Å². The number of aryl methyl sites for hydroxylation is 1. The summed E-state index contributed by atoms with van der Waals surface area (Å²) in [5.41, 5.74) is 0.920. The number of rotatable bonds is 6. The lowest BCUT2D eigenvalue weighted by Gasteiger charge is -2.16. The summed E-state index contributed by atoms with van der Waals surface area (Å²) in [5.74, 6) is 1.82. The van der Waals surface area contributed by atoms with E-state index in [9.17, 15) is 9.18 Å². The smallest absolute Gasteiger partial charge is 0.235 e. The first-order valence-electron chi connectivity index (χ1n) is 10.2. The molecule has 0 saturated heterocycles. The summed E-state index contributed by atoms with van der Waals surface area (Å²) in [4.78, 5) is 25.6. The molecule has 0 atom stereocenters. The monoisotopic (exact) mass is 429 g/mol. The molecule has 1 fully saturated rings. The van der Waals surface area contributed by atoms with Crippen LogP contribution in [0.15, 0.2) is 73.3 Å². The van der Waals surface area contributed by atoms with Crippen LogP contribution in [0.25, 0.3) is 5.82 Å². The summed E-state index contributed by atoms with van der Waals surface area (Å²) in [6.07, 6.45) is 6.62. The average Bonchev–Trinajstić information content (AvgIpc) is 3.41. The van der Waals surface area contributed by atoms with Crippen molar-refractivity contribution in [1.29, 1.82) is 0 Å². The molecule has 2 aromatic carbocycles. The number of carbonyl (C=O) groups excluding carboxylic acids is 1. The number of hydrogen-bond donors (Lipinski definition) is 1. The second-order valence-electron chi connectivity index (χ2n) is 7.75. The molecule has 1 N–H and O–H groups in total. The number of carbonyl (C=O) groups is 1. The van der Waals surface area contributed by atoms with E-state index in [2.05, 4.69) is 20.3 Å². The lowest BCUT2D eigenvalue weighted by atomic mass is 9.95. The van der Waals surface area contributed by atoms with Crippen molar-refractivity contribution in [1.82, 2.24) is 19.5 Å². The summed E-state index contributed by atoms with van der Waals surface area (Å²) < 4.78 is 20.9. The highest BCUT2D eigenvalue weighted by atomic mass is 19.1. The van der Waals surface area contributed by atoms with E-state index in [1.807, 2.05) is 0 Å². The van der Waals surface area contributed by atoms with Crippen LogP contribution in [0.2, 0.25) is 0 Å². The molecule has 1 saturated carbocycles. The third-order valence-corrected chi connectivity index (χ3v) is 5.49. The summed E-state index contributed by atoms with van der Waals surface area (Å²) in [6.45, 7) is 1.79. The molecule has 32 heavy (non-hydrogen) atoms. The minimum atomic E-state index is -0.578. The Morgan fingerprint density at radius 2 is 1.84 bits per heavy atom. The van der Waals surface area contributed by atoms with E-state index < -0.39 is 5.41 Å². The van der Waals surface area contributed by atoms with Gasteiger partial charge in [0, 0.05) is 24.1 Å². The molecule has 160 valence electrons. The molecule has 8 heteroatoms. The van der Waals surface area contributed by atoms with E-state index >= 15 is 0 Å². The zero-order valence-corrected chi connectivity index (χ0v) is 17.3. The van der Waals surface area contributed by atoms with Crippen molar-refractivity contribution in [3.63, 3.8) is 0 Å². The molecule has 1 aliphatic carbocycles. The van der Waals surface area contributed by atoms with Crippen LogP contribution in [0, 0.1) is 12.7 Å². The van der Waals surface area contributed by atoms with Crippen molar-refractivity contribution >= 4 is 11.6 Å². The lowest BCUT2D eigenvalue weighted by molar-refractivity contribution is -0.118. The predicted octanol–water partition coefficient (Wildman–Crippen LogP) is 4.57. The van der Waals surface area contributed by atoms with Gasteiger partial charge < -0.3 is 10.1 Å². The van der Waals surface area contributed by atoms with Gasteiger partial charge >= 0.3 is 0 Å². The van der Waals surface area contributed by atoms with Gasteiger partial charge in [0.1, 0.15) is 29.5 Å².